The molecule has 4 aromatic rings. The van der Waals surface area contributed by atoms with Gasteiger partial charge < -0.3 is 20.6 Å². The van der Waals surface area contributed by atoms with E-state index in [9.17, 15) is 23.7 Å². The van der Waals surface area contributed by atoms with Gasteiger partial charge in [-0.1, -0.05) is 12.1 Å². The van der Waals surface area contributed by atoms with Gasteiger partial charge in [0, 0.05) is 48.5 Å². The monoisotopic (exact) mass is 483 g/mol. The van der Waals surface area contributed by atoms with E-state index in [4.69, 9.17) is 0 Å². The lowest BCUT2D eigenvalue weighted by Crippen LogP contribution is -2.25. The molecule has 11 heteroatoms. The van der Waals surface area contributed by atoms with Crippen LogP contribution < -0.4 is 10.0 Å². The average Bonchev–Trinajstić information content (AvgIpc) is 3.16. The van der Waals surface area contributed by atoms with Crippen LogP contribution in [0, 0.1) is 6.92 Å². The van der Waals surface area contributed by atoms with Crippen molar-refractivity contribution in [2.24, 2.45) is 0 Å². The number of unbranched alkanes of at least 4 members (excludes halogenated alkanes) is 1. The van der Waals surface area contributed by atoms with Crippen molar-refractivity contribution in [2.45, 2.75) is 24.7 Å². The van der Waals surface area contributed by atoms with Crippen molar-refractivity contribution in [3.63, 3.8) is 0 Å². The fourth-order valence-electron chi connectivity index (χ4n) is 3.51. The summed E-state index contributed by atoms with van der Waals surface area (Å²) >= 11 is 0. The van der Waals surface area contributed by atoms with E-state index in [1.165, 1.54) is 0 Å². The molecule has 0 bridgehead atoms. The van der Waals surface area contributed by atoms with Gasteiger partial charge in [-0.2, -0.15) is 9.61 Å². The third kappa shape index (κ3) is 5.05. The van der Waals surface area contributed by atoms with Crippen molar-refractivity contribution in [3.8, 4) is 28.5 Å². The van der Waals surface area contributed by atoms with E-state index >= 15 is 0 Å². The van der Waals surface area contributed by atoms with E-state index < -0.39 is 10.0 Å². The number of rotatable bonds is 9. The predicted octanol–water partition coefficient (Wildman–Crippen LogP) is 2.99. The number of phenols is 3. The van der Waals surface area contributed by atoms with E-state index in [1.807, 2.05) is 19.1 Å². The largest absolute Gasteiger partial charge is 0.508 e. The van der Waals surface area contributed by atoms with Gasteiger partial charge in [-0.05, 0) is 31.9 Å². The second-order valence-electron chi connectivity index (χ2n) is 7.82. The third-order valence-electron chi connectivity index (χ3n) is 5.22. The first-order valence-electron chi connectivity index (χ1n) is 10.6. The molecule has 0 amide bonds. The smallest absolute Gasteiger partial charge is 0.240 e. The van der Waals surface area contributed by atoms with E-state index in [-0.39, 0.29) is 28.7 Å². The van der Waals surface area contributed by atoms with Crippen LogP contribution in [0.5, 0.6) is 17.2 Å². The summed E-state index contributed by atoms with van der Waals surface area (Å²) in [4.78, 5) is 4.44. The number of aromatic hydroxyl groups is 3. The number of hydrogen-bond acceptors (Lipinski definition) is 8. The van der Waals surface area contributed by atoms with Crippen molar-refractivity contribution in [1.82, 2.24) is 19.3 Å². The van der Waals surface area contributed by atoms with Crippen molar-refractivity contribution in [2.75, 3.05) is 18.4 Å². The quantitative estimate of drug-likeness (QED) is 0.228. The summed E-state index contributed by atoms with van der Waals surface area (Å²) in [6.45, 7) is 2.65. The zero-order chi connectivity index (χ0) is 24.3. The Balaban J connectivity index is 1.39. The SMILES string of the molecule is Cc1cnn2c(NCCCCNS(=O)(=O)c3cc(O)cc(O)c3)cc(-c3ccccc3O)nc12. The molecule has 2 aromatic carbocycles. The Labute approximate surface area is 196 Å². The number of sulfonamides is 1. The molecule has 0 unspecified atom stereocenters. The highest BCUT2D eigenvalue weighted by molar-refractivity contribution is 7.89. The van der Waals surface area contributed by atoms with Crippen molar-refractivity contribution >= 4 is 21.5 Å². The highest BCUT2D eigenvalue weighted by Crippen LogP contribution is 2.30. The zero-order valence-electron chi connectivity index (χ0n) is 18.4. The molecule has 2 heterocycles. The molecule has 10 nitrogen and oxygen atoms in total. The molecule has 4 rings (SSSR count). The van der Waals surface area contributed by atoms with Crippen LogP contribution in [-0.2, 0) is 10.0 Å². The molecule has 0 spiro atoms. The van der Waals surface area contributed by atoms with Crippen LogP contribution in [0.1, 0.15) is 18.4 Å². The minimum atomic E-state index is -3.85. The van der Waals surface area contributed by atoms with Gasteiger partial charge in [0.05, 0.1) is 16.8 Å². The zero-order valence-corrected chi connectivity index (χ0v) is 19.2. The molecule has 5 N–H and O–H groups in total. The normalized spacial score (nSPS) is 11.7. The highest BCUT2D eigenvalue weighted by atomic mass is 32.2. The minimum Gasteiger partial charge on any atom is -0.508 e. The van der Waals surface area contributed by atoms with E-state index in [2.05, 4.69) is 20.1 Å². The Morgan fingerprint density at radius 3 is 2.41 bits per heavy atom. The summed E-state index contributed by atoms with van der Waals surface area (Å²) in [6.07, 6.45) is 2.93. The number of anilines is 1. The number of nitrogens with zero attached hydrogens (tertiary/aromatic N) is 3. The van der Waals surface area contributed by atoms with Gasteiger partial charge in [-0.15, -0.1) is 0 Å². The maximum atomic E-state index is 12.4. The molecule has 0 aliphatic rings. The van der Waals surface area contributed by atoms with Gasteiger partial charge >= 0.3 is 0 Å². The molecule has 0 radical (unpaired) electrons. The standard InChI is InChI=1S/C23H25N5O5S/c1-15-14-25-28-22(13-20(27-23(15)28)19-6-2-3-7-21(19)31)24-8-4-5-9-26-34(32,33)18-11-16(29)10-17(30)12-18/h2-3,6-7,10-14,24,26,29-31H,4-5,8-9H2,1H3. The number of fused-ring (bicyclic) bond motifs is 1. The van der Waals surface area contributed by atoms with Crippen molar-refractivity contribution < 1.29 is 23.7 Å². The van der Waals surface area contributed by atoms with Gasteiger partial charge in [-0.3, -0.25) is 0 Å². The topological polar surface area (TPSA) is 149 Å². The van der Waals surface area contributed by atoms with Gasteiger partial charge in [-0.25, -0.2) is 18.1 Å². The Morgan fingerprint density at radius 2 is 1.68 bits per heavy atom. The van der Waals surface area contributed by atoms with E-state index in [0.29, 0.717) is 42.1 Å². The van der Waals surface area contributed by atoms with Crippen LogP contribution >= 0.6 is 0 Å². The fourth-order valence-corrected chi connectivity index (χ4v) is 4.64. The summed E-state index contributed by atoms with van der Waals surface area (Å²) in [5, 5.41) is 36.9. The second-order valence-corrected chi connectivity index (χ2v) is 9.59. The summed E-state index contributed by atoms with van der Waals surface area (Å²) in [5.41, 5.74) is 2.79. The summed E-state index contributed by atoms with van der Waals surface area (Å²) in [7, 11) is -3.85. The molecule has 34 heavy (non-hydrogen) atoms. The van der Waals surface area contributed by atoms with E-state index in [1.54, 1.807) is 28.9 Å². The molecule has 178 valence electrons. The predicted molar refractivity (Wildman–Crippen MR) is 128 cm³/mol. The van der Waals surface area contributed by atoms with Gasteiger partial charge in [0.25, 0.3) is 0 Å². The number of para-hydroxylation sites is 1. The summed E-state index contributed by atoms with van der Waals surface area (Å²) < 4.78 is 28.9. The Kier molecular flexibility index (Phi) is 6.57. The molecule has 0 saturated carbocycles. The Hall–Kier alpha value is -3.83. The lowest BCUT2D eigenvalue weighted by atomic mass is 10.1. The lowest BCUT2D eigenvalue weighted by molar-refractivity contribution is 0.446. The molecular weight excluding hydrogens is 458 g/mol. The van der Waals surface area contributed by atoms with Crippen LogP contribution in [0.4, 0.5) is 5.82 Å². The maximum Gasteiger partial charge on any atom is 0.240 e. The number of aryl methyl sites for hydroxylation is 1. The molecule has 0 aliphatic heterocycles. The van der Waals surface area contributed by atoms with Crippen LogP contribution in [-0.4, -0.2) is 51.4 Å². The summed E-state index contributed by atoms with van der Waals surface area (Å²) in [6, 6.07) is 12.0. The first-order chi connectivity index (χ1) is 16.2. The number of hydrogen-bond donors (Lipinski definition) is 5. The molecule has 2 aromatic heterocycles. The average molecular weight is 484 g/mol. The minimum absolute atomic E-state index is 0.134. The van der Waals surface area contributed by atoms with Crippen molar-refractivity contribution in [3.05, 3.63) is 60.3 Å². The number of phenolic OH excluding ortho intramolecular Hbond substituents is 3. The Bertz CT molecular complexity index is 1410. The van der Waals surface area contributed by atoms with Gasteiger partial charge in [0.2, 0.25) is 10.0 Å². The summed E-state index contributed by atoms with van der Waals surface area (Å²) in [5.74, 6) is 0.178. The third-order valence-corrected chi connectivity index (χ3v) is 6.66. The number of nitrogens with one attached hydrogen (secondary N) is 2. The van der Waals surface area contributed by atoms with Crippen LogP contribution in [0.15, 0.2) is 59.6 Å². The lowest BCUT2D eigenvalue weighted by Gasteiger charge is -2.12. The molecule has 0 aliphatic carbocycles. The fraction of sp³-hybridized carbons (Fsp3) is 0.217. The second kappa shape index (κ2) is 9.57. The Morgan fingerprint density at radius 1 is 0.971 bits per heavy atom. The molecule has 0 fully saturated rings. The molecule has 0 atom stereocenters. The number of benzene rings is 2. The van der Waals surface area contributed by atoms with Crippen LogP contribution in [0.25, 0.3) is 16.9 Å². The van der Waals surface area contributed by atoms with Crippen LogP contribution in [0.3, 0.4) is 0 Å². The van der Waals surface area contributed by atoms with E-state index in [0.717, 1.165) is 23.8 Å². The molecular formula is C23H25N5O5S. The van der Waals surface area contributed by atoms with Gasteiger partial charge in [0.1, 0.15) is 23.1 Å². The van der Waals surface area contributed by atoms with Crippen molar-refractivity contribution in [1.29, 1.82) is 0 Å². The number of aromatic nitrogens is 3. The highest BCUT2D eigenvalue weighted by Gasteiger charge is 2.16. The maximum absolute atomic E-state index is 12.4. The van der Waals surface area contributed by atoms with Gasteiger partial charge in [0.15, 0.2) is 5.65 Å². The first-order valence-corrected chi connectivity index (χ1v) is 12.1. The van der Waals surface area contributed by atoms with Crippen LogP contribution in [0.2, 0.25) is 0 Å². The first kappa shape index (κ1) is 23.3. The molecule has 0 saturated heterocycles.